The largest absolute Gasteiger partial charge is 0.493 e. The van der Waals surface area contributed by atoms with E-state index < -0.39 is 22.8 Å². The zero-order chi connectivity index (χ0) is 14.9. The Balaban J connectivity index is 2.51. The normalized spacial score (nSPS) is 10.8. The van der Waals surface area contributed by atoms with Crippen molar-refractivity contribution in [1.29, 1.82) is 5.26 Å². The van der Waals surface area contributed by atoms with Gasteiger partial charge in [-0.05, 0) is 19.4 Å². The van der Waals surface area contributed by atoms with Crippen LogP contribution in [-0.2, 0) is 0 Å². The lowest BCUT2D eigenvalue weighted by Crippen LogP contribution is -2.20. The molecule has 2 aromatic heterocycles. The van der Waals surface area contributed by atoms with Gasteiger partial charge in [0.15, 0.2) is 5.00 Å². The van der Waals surface area contributed by atoms with Crippen LogP contribution in [0.15, 0.2) is 19.8 Å². The van der Waals surface area contributed by atoms with E-state index in [0.29, 0.717) is 10.6 Å². The number of hydrogen-bond acceptors (Lipinski definition) is 7. The van der Waals surface area contributed by atoms with Gasteiger partial charge in [-0.25, -0.2) is 4.79 Å². The van der Waals surface area contributed by atoms with Crippen molar-refractivity contribution in [3.05, 3.63) is 36.8 Å². The lowest BCUT2D eigenvalue weighted by atomic mass is 10.2. The first-order valence-corrected chi connectivity index (χ1v) is 6.23. The molecular weight excluding hydrogens is 282 g/mol. The summed E-state index contributed by atoms with van der Waals surface area (Å²) in [4.78, 5) is 27.2. The molecule has 3 N–H and O–H groups in total. The standard InChI is InChI=1S/C11H9N5O3S/c1-4-5(2)20-10(6(4)3-12)16-15-7-8(17)13-11(19)14-9(7)18/h1-2H3,(H3,13,14,17,18,19). The van der Waals surface area contributed by atoms with E-state index in [2.05, 4.69) is 10.2 Å². The number of nitriles is 1. The third-order valence-corrected chi connectivity index (χ3v) is 3.71. The van der Waals surface area contributed by atoms with Gasteiger partial charge in [0.1, 0.15) is 6.07 Å². The van der Waals surface area contributed by atoms with Gasteiger partial charge in [-0.15, -0.1) is 21.6 Å². The molecule has 9 heteroatoms. The van der Waals surface area contributed by atoms with Gasteiger partial charge in [0.25, 0.3) is 5.56 Å². The van der Waals surface area contributed by atoms with E-state index in [0.717, 1.165) is 10.4 Å². The first kappa shape index (κ1) is 13.7. The molecule has 0 unspecified atom stereocenters. The lowest BCUT2D eigenvalue weighted by molar-refractivity contribution is 0.450. The summed E-state index contributed by atoms with van der Waals surface area (Å²) in [6.07, 6.45) is 0. The fraction of sp³-hybridized carbons (Fsp3) is 0.182. The molecule has 2 heterocycles. The fourth-order valence-electron chi connectivity index (χ4n) is 1.47. The first-order chi connectivity index (χ1) is 9.43. The number of nitrogens with one attached hydrogen (secondary N) is 2. The average molecular weight is 291 g/mol. The van der Waals surface area contributed by atoms with Crippen LogP contribution < -0.4 is 11.2 Å². The van der Waals surface area contributed by atoms with Crippen molar-refractivity contribution in [2.75, 3.05) is 0 Å². The number of nitrogens with zero attached hydrogens (tertiary/aromatic N) is 3. The zero-order valence-electron chi connectivity index (χ0n) is 10.5. The minimum absolute atomic E-state index is 0.340. The van der Waals surface area contributed by atoms with Gasteiger partial charge < -0.3 is 5.11 Å². The summed E-state index contributed by atoms with van der Waals surface area (Å²) in [6.45, 7) is 3.62. The van der Waals surface area contributed by atoms with E-state index in [1.165, 1.54) is 11.3 Å². The molecule has 0 bridgehead atoms. The van der Waals surface area contributed by atoms with E-state index in [-0.39, 0.29) is 0 Å². The van der Waals surface area contributed by atoms with E-state index in [1.807, 2.05) is 23.0 Å². The summed E-state index contributed by atoms with van der Waals surface area (Å²) in [6, 6.07) is 2.01. The van der Waals surface area contributed by atoms with E-state index >= 15 is 0 Å². The Morgan fingerprint density at radius 1 is 1.25 bits per heavy atom. The number of hydrogen-bond donors (Lipinski definition) is 3. The second-order valence-corrected chi connectivity index (χ2v) is 5.08. The third kappa shape index (κ3) is 2.36. The van der Waals surface area contributed by atoms with Crippen LogP contribution in [0, 0.1) is 25.2 Å². The van der Waals surface area contributed by atoms with Crippen molar-refractivity contribution < 1.29 is 5.11 Å². The minimum Gasteiger partial charge on any atom is -0.493 e. The summed E-state index contributed by atoms with van der Waals surface area (Å²) in [5.74, 6) is -0.675. The van der Waals surface area contributed by atoms with Crippen LogP contribution in [0.3, 0.4) is 0 Å². The number of aromatic amines is 2. The number of azo groups is 1. The highest BCUT2D eigenvalue weighted by Crippen LogP contribution is 2.35. The molecule has 102 valence electrons. The number of aromatic nitrogens is 2. The number of rotatable bonds is 2. The molecule has 0 fully saturated rings. The number of aryl methyl sites for hydroxylation is 1. The molecule has 0 atom stereocenters. The number of aromatic hydroxyl groups is 1. The van der Waals surface area contributed by atoms with Gasteiger partial charge in [-0.3, -0.25) is 14.8 Å². The highest BCUT2D eigenvalue weighted by Gasteiger charge is 2.13. The van der Waals surface area contributed by atoms with E-state index in [9.17, 15) is 14.7 Å². The van der Waals surface area contributed by atoms with Gasteiger partial charge in [0.05, 0.1) is 5.56 Å². The highest BCUT2D eigenvalue weighted by molar-refractivity contribution is 7.16. The van der Waals surface area contributed by atoms with Crippen LogP contribution in [0.1, 0.15) is 16.0 Å². The monoisotopic (exact) mass is 291 g/mol. The SMILES string of the molecule is Cc1sc(N=Nc2c(O)[nH]c(=O)[nH]c2=O)c(C#N)c1C. The Labute approximate surface area is 116 Å². The number of thiophene rings is 1. The molecule has 2 aromatic rings. The molecule has 20 heavy (non-hydrogen) atoms. The molecule has 0 aromatic carbocycles. The molecule has 0 saturated carbocycles. The fourth-order valence-corrected chi connectivity index (χ4v) is 2.39. The third-order valence-electron chi connectivity index (χ3n) is 2.62. The Hall–Kier alpha value is -2.73. The number of H-pyrrole nitrogens is 2. The quantitative estimate of drug-likeness (QED) is 0.726. The average Bonchev–Trinajstić information content (AvgIpc) is 2.63. The van der Waals surface area contributed by atoms with Crippen LogP contribution in [0.25, 0.3) is 0 Å². The Kier molecular flexibility index (Phi) is 3.49. The summed E-state index contributed by atoms with van der Waals surface area (Å²) in [5, 5.41) is 26.2. The molecule has 0 aliphatic heterocycles. The molecule has 0 saturated heterocycles. The Bertz CT molecular complexity index is 852. The molecule has 2 rings (SSSR count). The molecular formula is C11H9N5O3S. The topological polar surface area (TPSA) is 134 Å². The predicted molar refractivity (Wildman–Crippen MR) is 72.0 cm³/mol. The molecule has 8 nitrogen and oxygen atoms in total. The van der Waals surface area contributed by atoms with Gasteiger partial charge in [0.2, 0.25) is 11.6 Å². The Morgan fingerprint density at radius 2 is 1.95 bits per heavy atom. The van der Waals surface area contributed by atoms with E-state index in [1.54, 1.807) is 6.92 Å². The van der Waals surface area contributed by atoms with Crippen molar-refractivity contribution in [2.45, 2.75) is 13.8 Å². The van der Waals surface area contributed by atoms with E-state index in [4.69, 9.17) is 5.26 Å². The summed E-state index contributed by atoms with van der Waals surface area (Å²) in [7, 11) is 0. The van der Waals surface area contributed by atoms with Crippen molar-refractivity contribution >= 4 is 22.0 Å². The summed E-state index contributed by atoms with van der Waals surface area (Å²) < 4.78 is 0. The predicted octanol–water partition coefficient (Wildman–Crippen LogP) is 1.73. The Morgan fingerprint density at radius 3 is 2.55 bits per heavy atom. The van der Waals surface area contributed by atoms with Gasteiger partial charge >= 0.3 is 5.69 Å². The van der Waals surface area contributed by atoms with Gasteiger partial charge in [0, 0.05) is 4.88 Å². The molecule has 0 aliphatic carbocycles. The van der Waals surface area contributed by atoms with Crippen molar-refractivity contribution in [1.82, 2.24) is 9.97 Å². The summed E-state index contributed by atoms with van der Waals surface area (Å²) >= 11 is 1.25. The lowest BCUT2D eigenvalue weighted by Gasteiger charge is -1.94. The van der Waals surface area contributed by atoms with Crippen LogP contribution in [-0.4, -0.2) is 15.1 Å². The first-order valence-electron chi connectivity index (χ1n) is 5.41. The van der Waals surface area contributed by atoms with Gasteiger partial charge in [-0.1, -0.05) is 0 Å². The van der Waals surface area contributed by atoms with Crippen LogP contribution >= 0.6 is 11.3 Å². The highest BCUT2D eigenvalue weighted by atomic mass is 32.1. The van der Waals surface area contributed by atoms with Crippen molar-refractivity contribution in [3.63, 3.8) is 0 Å². The minimum atomic E-state index is -0.862. The summed E-state index contributed by atoms with van der Waals surface area (Å²) in [5.41, 5.74) is -0.953. The second kappa shape index (κ2) is 5.10. The maximum atomic E-state index is 11.5. The molecule has 0 amide bonds. The van der Waals surface area contributed by atoms with Crippen LogP contribution in [0.4, 0.5) is 10.7 Å². The molecule has 0 radical (unpaired) electrons. The maximum absolute atomic E-state index is 11.5. The zero-order valence-corrected chi connectivity index (χ0v) is 11.3. The van der Waals surface area contributed by atoms with Crippen molar-refractivity contribution in [2.24, 2.45) is 10.2 Å². The van der Waals surface area contributed by atoms with Gasteiger partial charge in [-0.2, -0.15) is 5.26 Å². The smallest absolute Gasteiger partial charge is 0.328 e. The maximum Gasteiger partial charge on any atom is 0.328 e. The molecule has 0 aliphatic rings. The van der Waals surface area contributed by atoms with Crippen LogP contribution in [0.5, 0.6) is 5.88 Å². The molecule has 0 spiro atoms. The second-order valence-electron chi connectivity index (χ2n) is 3.88. The van der Waals surface area contributed by atoms with Crippen LogP contribution in [0.2, 0.25) is 0 Å². The van der Waals surface area contributed by atoms with Crippen molar-refractivity contribution in [3.8, 4) is 11.9 Å².